The molecule has 102 valence electrons. The zero-order valence-electron chi connectivity index (χ0n) is 10.4. The van der Waals surface area contributed by atoms with Crippen LogP contribution in [0.5, 0.6) is 11.5 Å². The number of rotatable bonds is 2. The summed E-state index contributed by atoms with van der Waals surface area (Å²) >= 11 is 6.11. The zero-order chi connectivity index (χ0) is 13.9. The zero-order valence-corrected chi connectivity index (χ0v) is 11.2. The van der Waals surface area contributed by atoms with E-state index in [0.717, 1.165) is 0 Å². The minimum Gasteiger partial charge on any atom is -0.486 e. The number of ether oxygens (including phenoxy) is 2. The van der Waals surface area contributed by atoms with E-state index in [9.17, 15) is 4.79 Å². The first-order chi connectivity index (χ1) is 9.74. The molecule has 1 N–H and O–H groups in total. The fourth-order valence-corrected chi connectivity index (χ4v) is 2.11. The second-order valence-electron chi connectivity index (χ2n) is 4.17. The summed E-state index contributed by atoms with van der Waals surface area (Å²) in [4.78, 5) is 16.1. The van der Waals surface area contributed by atoms with Gasteiger partial charge in [-0.25, -0.2) is 0 Å². The van der Waals surface area contributed by atoms with Crippen LogP contribution in [0.25, 0.3) is 0 Å². The van der Waals surface area contributed by atoms with E-state index in [0.29, 0.717) is 41.0 Å². The lowest BCUT2D eigenvalue weighted by atomic mass is 10.1. The van der Waals surface area contributed by atoms with E-state index in [1.54, 1.807) is 36.7 Å². The average molecular weight is 291 g/mol. The molecule has 0 spiro atoms. The van der Waals surface area contributed by atoms with Crippen LogP contribution in [-0.4, -0.2) is 24.1 Å². The molecule has 0 unspecified atom stereocenters. The molecular weight excluding hydrogens is 280 g/mol. The molecule has 0 atom stereocenters. The third-order valence-corrected chi connectivity index (χ3v) is 3.13. The lowest BCUT2D eigenvalue weighted by Crippen LogP contribution is -2.17. The van der Waals surface area contributed by atoms with Gasteiger partial charge in [0.2, 0.25) is 0 Å². The predicted molar refractivity (Wildman–Crippen MR) is 74.6 cm³/mol. The first kappa shape index (κ1) is 12.7. The normalized spacial score (nSPS) is 12.8. The van der Waals surface area contributed by atoms with Crippen LogP contribution < -0.4 is 14.8 Å². The molecule has 2 aromatic rings. The Hall–Kier alpha value is -2.27. The lowest BCUT2D eigenvalue weighted by molar-refractivity contribution is 0.102. The van der Waals surface area contributed by atoms with E-state index in [-0.39, 0.29) is 5.91 Å². The average Bonchev–Trinajstić information content (AvgIpc) is 2.47. The van der Waals surface area contributed by atoms with Crippen LogP contribution in [-0.2, 0) is 0 Å². The van der Waals surface area contributed by atoms with Crippen molar-refractivity contribution in [1.82, 2.24) is 4.98 Å². The number of nitrogens with zero attached hydrogens (tertiary/aromatic N) is 1. The number of anilines is 1. The maximum atomic E-state index is 12.2. The molecule has 20 heavy (non-hydrogen) atoms. The summed E-state index contributed by atoms with van der Waals surface area (Å²) < 4.78 is 10.9. The molecule has 5 nitrogen and oxygen atoms in total. The van der Waals surface area contributed by atoms with Gasteiger partial charge in [0.1, 0.15) is 13.2 Å². The van der Waals surface area contributed by atoms with Crippen molar-refractivity contribution in [2.45, 2.75) is 0 Å². The number of fused-ring (bicyclic) bond motifs is 1. The van der Waals surface area contributed by atoms with Crippen molar-refractivity contribution in [3.05, 3.63) is 47.2 Å². The van der Waals surface area contributed by atoms with Gasteiger partial charge in [-0.15, -0.1) is 0 Å². The molecule has 0 saturated carbocycles. The standard InChI is InChI=1S/C14H11ClN2O3/c15-11-8-13-12(19-5-6-20-13)7-10(11)14(18)17-9-1-3-16-4-2-9/h1-4,7-8H,5-6H2,(H,16,17,18). The SMILES string of the molecule is O=C(Nc1ccncc1)c1cc2c(cc1Cl)OCCO2. The summed E-state index contributed by atoms with van der Waals surface area (Å²) in [5.41, 5.74) is 0.990. The number of carbonyl (C=O) groups is 1. The minimum atomic E-state index is -0.307. The van der Waals surface area contributed by atoms with Gasteiger partial charge in [-0.3, -0.25) is 9.78 Å². The molecule has 1 aromatic heterocycles. The van der Waals surface area contributed by atoms with E-state index in [2.05, 4.69) is 10.3 Å². The highest BCUT2D eigenvalue weighted by atomic mass is 35.5. The molecule has 6 heteroatoms. The van der Waals surface area contributed by atoms with Gasteiger partial charge in [-0.2, -0.15) is 0 Å². The fraction of sp³-hybridized carbons (Fsp3) is 0.143. The quantitative estimate of drug-likeness (QED) is 0.924. The van der Waals surface area contributed by atoms with E-state index < -0.39 is 0 Å². The molecule has 1 aliphatic rings. The highest BCUT2D eigenvalue weighted by Crippen LogP contribution is 2.35. The Morgan fingerprint density at radius 3 is 2.50 bits per heavy atom. The highest BCUT2D eigenvalue weighted by molar-refractivity contribution is 6.34. The van der Waals surface area contributed by atoms with Crippen molar-refractivity contribution >= 4 is 23.2 Å². The van der Waals surface area contributed by atoms with Crippen molar-refractivity contribution in [2.24, 2.45) is 0 Å². The molecule has 3 rings (SSSR count). The smallest absolute Gasteiger partial charge is 0.257 e. The van der Waals surface area contributed by atoms with Crippen LogP contribution in [0.3, 0.4) is 0 Å². The van der Waals surface area contributed by atoms with Gasteiger partial charge in [-0.1, -0.05) is 11.6 Å². The first-order valence-electron chi connectivity index (χ1n) is 6.04. The summed E-state index contributed by atoms with van der Waals surface area (Å²) in [6.45, 7) is 0.936. The van der Waals surface area contributed by atoms with E-state index >= 15 is 0 Å². The first-order valence-corrected chi connectivity index (χ1v) is 6.42. The Kier molecular flexibility index (Phi) is 3.43. The summed E-state index contributed by atoms with van der Waals surface area (Å²) in [6.07, 6.45) is 3.20. The van der Waals surface area contributed by atoms with Crippen molar-refractivity contribution in [1.29, 1.82) is 0 Å². The number of pyridine rings is 1. The summed E-state index contributed by atoms with van der Waals surface area (Å²) in [5.74, 6) is 0.778. The predicted octanol–water partition coefficient (Wildman–Crippen LogP) is 2.76. The molecule has 1 aliphatic heterocycles. The number of carbonyl (C=O) groups excluding carboxylic acids is 1. The number of amides is 1. The third-order valence-electron chi connectivity index (χ3n) is 2.81. The summed E-state index contributed by atoms with van der Waals surface area (Å²) in [6, 6.07) is 6.58. The molecular formula is C14H11ClN2O3. The molecule has 0 radical (unpaired) electrons. The number of nitrogens with one attached hydrogen (secondary N) is 1. The van der Waals surface area contributed by atoms with Crippen LogP contribution in [0, 0.1) is 0 Å². The molecule has 0 saturated heterocycles. The van der Waals surface area contributed by atoms with Crippen molar-refractivity contribution in [3.63, 3.8) is 0 Å². The topological polar surface area (TPSA) is 60.5 Å². The van der Waals surface area contributed by atoms with Gasteiger partial charge in [0.15, 0.2) is 11.5 Å². The van der Waals surface area contributed by atoms with Gasteiger partial charge in [0, 0.05) is 24.1 Å². The summed E-state index contributed by atoms with van der Waals surface area (Å²) in [7, 11) is 0. The maximum absolute atomic E-state index is 12.2. The molecule has 1 amide bonds. The maximum Gasteiger partial charge on any atom is 0.257 e. The number of hydrogen-bond acceptors (Lipinski definition) is 4. The third kappa shape index (κ3) is 2.53. The van der Waals surface area contributed by atoms with Crippen LogP contribution >= 0.6 is 11.6 Å². The number of halogens is 1. The van der Waals surface area contributed by atoms with Gasteiger partial charge in [0.25, 0.3) is 5.91 Å². The Balaban J connectivity index is 1.88. The molecule has 0 fully saturated rings. The van der Waals surface area contributed by atoms with E-state index in [4.69, 9.17) is 21.1 Å². The van der Waals surface area contributed by atoms with Crippen molar-refractivity contribution in [3.8, 4) is 11.5 Å². The Morgan fingerprint density at radius 2 is 1.80 bits per heavy atom. The largest absolute Gasteiger partial charge is 0.486 e. The number of benzene rings is 1. The van der Waals surface area contributed by atoms with Gasteiger partial charge in [0.05, 0.1) is 10.6 Å². The molecule has 0 bridgehead atoms. The molecule has 1 aromatic carbocycles. The van der Waals surface area contributed by atoms with Gasteiger partial charge >= 0.3 is 0 Å². The van der Waals surface area contributed by atoms with Crippen LogP contribution in [0.1, 0.15) is 10.4 Å². The Labute approximate surface area is 120 Å². The van der Waals surface area contributed by atoms with Crippen LogP contribution in [0.15, 0.2) is 36.7 Å². The van der Waals surface area contributed by atoms with Crippen molar-refractivity contribution in [2.75, 3.05) is 18.5 Å². The molecule has 2 heterocycles. The molecule has 0 aliphatic carbocycles. The van der Waals surface area contributed by atoms with Crippen LogP contribution in [0.2, 0.25) is 5.02 Å². The van der Waals surface area contributed by atoms with E-state index in [1.165, 1.54) is 0 Å². The van der Waals surface area contributed by atoms with Gasteiger partial charge < -0.3 is 14.8 Å². The lowest BCUT2D eigenvalue weighted by Gasteiger charge is -2.19. The second-order valence-corrected chi connectivity index (χ2v) is 4.57. The Bertz CT molecular complexity index is 646. The highest BCUT2D eigenvalue weighted by Gasteiger charge is 2.19. The second kappa shape index (κ2) is 5.38. The Morgan fingerprint density at radius 1 is 1.15 bits per heavy atom. The monoisotopic (exact) mass is 290 g/mol. The number of hydrogen-bond donors (Lipinski definition) is 1. The van der Waals surface area contributed by atoms with Crippen LogP contribution in [0.4, 0.5) is 5.69 Å². The van der Waals surface area contributed by atoms with E-state index in [1.807, 2.05) is 0 Å². The van der Waals surface area contributed by atoms with Gasteiger partial charge in [-0.05, 0) is 18.2 Å². The fourth-order valence-electron chi connectivity index (χ4n) is 1.87. The van der Waals surface area contributed by atoms with Crippen molar-refractivity contribution < 1.29 is 14.3 Å². The minimum absolute atomic E-state index is 0.307. The summed E-state index contributed by atoms with van der Waals surface area (Å²) in [5, 5.41) is 3.07. The number of aromatic nitrogens is 1.